The predicted octanol–water partition coefficient (Wildman–Crippen LogP) is 10.3. The Labute approximate surface area is 448 Å². The first-order chi connectivity index (χ1) is 35.9. The van der Waals surface area contributed by atoms with E-state index in [1.165, 1.54) is 28.6 Å². The molecule has 4 heterocycles. The zero-order chi connectivity index (χ0) is 54.8. The molecule has 4 aliphatic rings. The number of benzene rings is 3. The van der Waals surface area contributed by atoms with Crippen molar-refractivity contribution in [1.82, 2.24) is 28.7 Å². The number of imidazole rings is 1. The molecule has 3 aromatic carbocycles. The number of amides is 3. The summed E-state index contributed by atoms with van der Waals surface area (Å²) in [6, 6.07) is 21.8. The summed E-state index contributed by atoms with van der Waals surface area (Å²) in [4.78, 5) is 61.6. The second-order valence-electron chi connectivity index (χ2n) is 24.5. The maximum Gasteiger partial charge on any atom is 0.395 e. The number of piperidine rings is 1. The van der Waals surface area contributed by atoms with E-state index in [0.29, 0.717) is 68.3 Å². The minimum Gasteiger partial charge on any atom is -0.497 e. The van der Waals surface area contributed by atoms with Gasteiger partial charge in [-0.3, -0.25) is 38.2 Å². The molecule has 76 heavy (non-hydrogen) atoms. The number of imide groups is 1. The number of fused-ring (bicyclic) bond motifs is 1. The fraction of sp³-hybridized carbons (Fsp3) is 0.593. The Morgan fingerprint density at radius 2 is 1.62 bits per heavy atom. The quantitative estimate of drug-likeness (QED) is 0.0514. The van der Waals surface area contributed by atoms with Gasteiger partial charge in [-0.2, -0.15) is 13.2 Å². The number of alkyl halides is 3. The summed E-state index contributed by atoms with van der Waals surface area (Å²) in [5.41, 5.74) is 3.26. The molecule has 0 N–H and O–H groups in total. The number of ether oxygens (including phenoxy) is 3. The van der Waals surface area contributed by atoms with Gasteiger partial charge in [0.2, 0.25) is 5.91 Å². The number of nitrogens with zero attached hydrogens (tertiary/aromatic N) is 6. The van der Waals surface area contributed by atoms with Crippen molar-refractivity contribution < 1.29 is 41.8 Å². The molecule has 414 valence electrons. The lowest BCUT2D eigenvalue weighted by molar-refractivity contribution is -0.217. The Morgan fingerprint density at radius 1 is 0.908 bits per heavy atom. The number of hydrogen-bond acceptors (Lipinski definition) is 9. The van der Waals surface area contributed by atoms with E-state index in [-0.39, 0.29) is 54.6 Å². The minimum absolute atomic E-state index is 0.103. The largest absolute Gasteiger partial charge is 0.497 e. The molecule has 3 aliphatic heterocycles. The van der Waals surface area contributed by atoms with Crippen LogP contribution in [0.15, 0.2) is 77.6 Å². The van der Waals surface area contributed by atoms with Gasteiger partial charge in [0.15, 0.2) is 0 Å². The van der Waals surface area contributed by atoms with Gasteiger partial charge < -0.3 is 19.1 Å². The number of methoxy groups -OCH3 is 1. The van der Waals surface area contributed by atoms with Crippen LogP contribution in [0.5, 0.6) is 5.75 Å². The summed E-state index contributed by atoms with van der Waals surface area (Å²) in [6.07, 6.45) is 3.50. The smallest absolute Gasteiger partial charge is 0.395 e. The Morgan fingerprint density at radius 3 is 2.25 bits per heavy atom. The second kappa shape index (κ2) is 23.1. The van der Waals surface area contributed by atoms with Crippen molar-refractivity contribution in [2.75, 3.05) is 72.9 Å². The van der Waals surface area contributed by atoms with E-state index in [1.54, 1.807) is 32.4 Å². The lowest BCUT2D eigenvalue weighted by atomic mass is 9.67. The van der Waals surface area contributed by atoms with E-state index in [9.17, 15) is 32.3 Å². The molecule has 3 saturated heterocycles. The first-order valence-electron chi connectivity index (χ1n) is 27.4. The normalized spacial score (nSPS) is 22.1. The lowest BCUT2D eigenvalue weighted by Crippen LogP contribution is -2.49. The van der Waals surface area contributed by atoms with Crippen LogP contribution < -0.4 is 10.4 Å². The highest BCUT2D eigenvalue weighted by Crippen LogP contribution is 2.46. The van der Waals surface area contributed by atoms with E-state index in [0.717, 1.165) is 85.1 Å². The number of halogens is 3. The number of likely N-dealkylation sites (tertiary alicyclic amines) is 1. The first-order valence-corrected chi connectivity index (χ1v) is 31.1. The highest BCUT2D eigenvalue weighted by molar-refractivity contribution is 6.76. The molecule has 3 amide bonds. The molecule has 0 radical (unpaired) electrons. The SMILES string of the molecule is COc1ccc([C@]2(CCN(Cc3ccc(C4=CC[C@H](CN5CCN(C(=O)c6ccc7c(c6)n(C)c(=O)n7C6CCC(=O)N(COCC[Si](C)(C)C)C6=O)CC5)CC4)cc3)CC(C)(C)C(F)(F)F)CCOC(C)(C)C2)cc1. The van der Waals surface area contributed by atoms with Gasteiger partial charge in [0, 0.05) is 91.5 Å². The molecule has 13 nitrogen and oxygen atoms in total. The van der Waals surface area contributed by atoms with Crippen molar-refractivity contribution in [3.05, 3.63) is 106 Å². The van der Waals surface area contributed by atoms with Crippen LogP contribution in [0.3, 0.4) is 0 Å². The van der Waals surface area contributed by atoms with Gasteiger partial charge in [0.05, 0.1) is 29.2 Å². The highest BCUT2D eigenvalue weighted by Gasteiger charge is 2.49. The maximum absolute atomic E-state index is 14.4. The van der Waals surface area contributed by atoms with Gasteiger partial charge in [-0.15, -0.1) is 0 Å². The van der Waals surface area contributed by atoms with Crippen LogP contribution in [-0.4, -0.2) is 139 Å². The molecule has 3 atom stereocenters. The van der Waals surface area contributed by atoms with Crippen molar-refractivity contribution in [3.8, 4) is 5.75 Å². The Balaban J connectivity index is 0.848. The topological polar surface area (TPSA) is 119 Å². The van der Waals surface area contributed by atoms with Gasteiger partial charge in [-0.25, -0.2) is 4.79 Å². The van der Waals surface area contributed by atoms with Gasteiger partial charge in [-0.05, 0) is 144 Å². The van der Waals surface area contributed by atoms with Crippen LogP contribution in [0.2, 0.25) is 25.7 Å². The van der Waals surface area contributed by atoms with Crippen molar-refractivity contribution in [2.45, 2.75) is 135 Å². The Bertz CT molecular complexity index is 2790. The summed E-state index contributed by atoms with van der Waals surface area (Å²) in [6.45, 7) is 18.8. The Hall–Kier alpha value is -5.07. The van der Waals surface area contributed by atoms with Crippen molar-refractivity contribution in [1.29, 1.82) is 0 Å². The fourth-order valence-corrected chi connectivity index (χ4v) is 12.6. The number of hydrogen-bond donors (Lipinski definition) is 0. The maximum atomic E-state index is 14.4. The van der Waals surface area contributed by atoms with E-state index in [4.69, 9.17) is 14.2 Å². The van der Waals surface area contributed by atoms with Crippen molar-refractivity contribution in [2.24, 2.45) is 18.4 Å². The lowest BCUT2D eigenvalue weighted by Gasteiger charge is -2.46. The molecule has 1 unspecified atom stereocenters. The molecule has 0 spiro atoms. The van der Waals surface area contributed by atoms with E-state index >= 15 is 0 Å². The number of rotatable bonds is 19. The van der Waals surface area contributed by atoms with E-state index in [1.807, 2.05) is 21.9 Å². The summed E-state index contributed by atoms with van der Waals surface area (Å²) in [5.74, 6) is 0.389. The van der Waals surface area contributed by atoms with Crippen LogP contribution in [0, 0.1) is 11.3 Å². The molecule has 0 bridgehead atoms. The van der Waals surface area contributed by atoms with Crippen LogP contribution in [-0.2, 0) is 38.1 Å². The second-order valence-corrected chi connectivity index (χ2v) is 30.1. The third kappa shape index (κ3) is 13.3. The zero-order valence-electron chi connectivity index (χ0n) is 46.4. The van der Waals surface area contributed by atoms with Crippen LogP contribution in [0.1, 0.15) is 112 Å². The third-order valence-electron chi connectivity index (χ3n) is 16.6. The molecule has 8 rings (SSSR count). The van der Waals surface area contributed by atoms with Gasteiger partial charge in [-0.1, -0.05) is 62.1 Å². The zero-order valence-corrected chi connectivity index (χ0v) is 47.4. The molecular weight excluding hydrogens is 990 g/mol. The fourth-order valence-electron chi connectivity index (χ4n) is 11.9. The highest BCUT2D eigenvalue weighted by atomic mass is 28.3. The van der Waals surface area contributed by atoms with Crippen molar-refractivity contribution in [3.63, 3.8) is 0 Å². The van der Waals surface area contributed by atoms with Crippen molar-refractivity contribution >= 4 is 42.4 Å². The standard InChI is InChI=1S/C59H81F3N6O7Si/c1-56(2,59(60,61)62)40-65(28-26-58(27-33-75-57(3,4)39-58)47-19-21-48(73-6)22-20-47)38-43-12-16-45(17-13-43)44-14-10-42(11-15-44)37-64-29-31-66(32-30-64)53(70)46-18-23-49-51(36-46)63(5)55(72)68(49)50-24-25-52(69)67(54(50)71)41-74-34-35-76(7,8)9/h12-14,16-23,36,42,50H,10-11,15,24-35,37-41H2,1-9H3/t42-,50?,58+/m0/s1. The summed E-state index contributed by atoms with van der Waals surface area (Å²) in [5, 5.41) is 0. The Kier molecular flexibility index (Phi) is 17.4. The summed E-state index contributed by atoms with van der Waals surface area (Å²) >= 11 is 0. The first kappa shape index (κ1) is 57.1. The molecule has 1 aromatic heterocycles. The van der Waals surface area contributed by atoms with Crippen LogP contribution >= 0.6 is 0 Å². The van der Waals surface area contributed by atoms with Crippen LogP contribution in [0.4, 0.5) is 13.2 Å². The number of piperazine rings is 1. The number of aryl methyl sites for hydroxylation is 1. The molecule has 0 saturated carbocycles. The van der Waals surface area contributed by atoms with Crippen LogP contribution in [0.25, 0.3) is 16.6 Å². The molecule has 1 aliphatic carbocycles. The van der Waals surface area contributed by atoms with Gasteiger partial charge in [0.1, 0.15) is 18.5 Å². The average Bonchev–Trinajstić information content (AvgIpc) is 3.64. The minimum atomic E-state index is -4.35. The molecule has 17 heteroatoms. The third-order valence-corrected chi connectivity index (χ3v) is 18.3. The van der Waals surface area contributed by atoms with E-state index in [2.05, 4.69) is 80.9 Å². The number of carbonyl (C=O) groups excluding carboxylic acids is 3. The molecule has 4 aromatic rings. The number of aromatic nitrogens is 2. The number of carbonyl (C=O) groups is 3. The molecule has 3 fully saturated rings. The average molecular weight is 1070 g/mol. The number of allylic oxidation sites excluding steroid dienone is 2. The summed E-state index contributed by atoms with van der Waals surface area (Å²) < 4.78 is 63.6. The van der Waals surface area contributed by atoms with Gasteiger partial charge in [0.25, 0.3) is 11.8 Å². The summed E-state index contributed by atoms with van der Waals surface area (Å²) in [7, 11) is 1.92. The predicted molar refractivity (Wildman–Crippen MR) is 294 cm³/mol. The van der Waals surface area contributed by atoms with E-state index < -0.39 is 31.6 Å². The monoisotopic (exact) mass is 1070 g/mol. The molecular formula is C59H81F3N6O7Si. The van der Waals surface area contributed by atoms with Gasteiger partial charge >= 0.3 is 11.9 Å².